The summed E-state index contributed by atoms with van der Waals surface area (Å²) in [6.45, 7) is 0.860. The van der Waals surface area contributed by atoms with Gasteiger partial charge in [0.25, 0.3) is 0 Å². The van der Waals surface area contributed by atoms with Gasteiger partial charge in [0.1, 0.15) is 0 Å². The quantitative estimate of drug-likeness (QED) is 0.876. The predicted octanol–water partition coefficient (Wildman–Crippen LogP) is 3.09. The molecule has 5 heteroatoms. The molecule has 1 heterocycles. The van der Waals surface area contributed by atoms with Gasteiger partial charge in [-0.15, -0.1) is 0 Å². The molecule has 3 rings (SSSR count). The summed E-state index contributed by atoms with van der Waals surface area (Å²) in [4.78, 5) is 0. The molecule has 1 saturated heterocycles. The Morgan fingerprint density at radius 3 is 2.50 bits per heavy atom. The maximum absolute atomic E-state index is 12.7. The number of hydrogen-bond donors (Lipinski definition) is 2. The third-order valence-corrected chi connectivity index (χ3v) is 4.57. The van der Waals surface area contributed by atoms with Crippen LogP contribution in [0.5, 0.6) is 0 Å². The summed E-state index contributed by atoms with van der Waals surface area (Å²) < 4.78 is 38.2. The molecule has 0 amide bonds. The molecule has 2 nitrogen and oxygen atoms in total. The zero-order valence-corrected chi connectivity index (χ0v) is 11.2. The van der Waals surface area contributed by atoms with Crippen LogP contribution in [0.25, 0.3) is 0 Å². The van der Waals surface area contributed by atoms with E-state index in [9.17, 15) is 13.2 Å². The highest BCUT2D eigenvalue weighted by Gasteiger charge is 2.41. The second kappa shape index (κ2) is 5.04. The van der Waals surface area contributed by atoms with Gasteiger partial charge in [-0.1, -0.05) is 12.1 Å². The van der Waals surface area contributed by atoms with E-state index in [4.69, 9.17) is 5.73 Å². The number of nitrogens with two attached hydrogens (primary N) is 1. The first-order valence-corrected chi connectivity index (χ1v) is 7.11. The van der Waals surface area contributed by atoms with Crippen molar-refractivity contribution in [2.75, 3.05) is 6.54 Å². The largest absolute Gasteiger partial charge is 0.416 e. The highest BCUT2D eigenvalue weighted by atomic mass is 19.4. The van der Waals surface area contributed by atoms with Gasteiger partial charge >= 0.3 is 6.18 Å². The minimum atomic E-state index is -4.27. The Hall–Kier alpha value is -1.07. The van der Waals surface area contributed by atoms with E-state index in [2.05, 4.69) is 5.32 Å². The van der Waals surface area contributed by atoms with Crippen LogP contribution >= 0.6 is 0 Å². The molecule has 0 bridgehead atoms. The van der Waals surface area contributed by atoms with Crippen LogP contribution in [0.3, 0.4) is 0 Å². The van der Waals surface area contributed by atoms with Crippen molar-refractivity contribution in [3.05, 3.63) is 35.4 Å². The molecule has 1 aliphatic heterocycles. The van der Waals surface area contributed by atoms with Crippen LogP contribution in [0.1, 0.15) is 36.4 Å². The van der Waals surface area contributed by atoms with E-state index in [-0.39, 0.29) is 6.04 Å². The molecular formula is C15H19F3N2. The van der Waals surface area contributed by atoms with E-state index in [1.165, 1.54) is 12.1 Å². The van der Waals surface area contributed by atoms with Gasteiger partial charge in [-0.25, -0.2) is 0 Å². The van der Waals surface area contributed by atoms with Crippen LogP contribution in [0.2, 0.25) is 0 Å². The number of benzene rings is 1. The molecule has 20 heavy (non-hydrogen) atoms. The summed E-state index contributed by atoms with van der Waals surface area (Å²) in [5.74, 6) is 1.21. The fourth-order valence-electron chi connectivity index (χ4n) is 3.24. The normalized spacial score (nSPS) is 34.0. The summed E-state index contributed by atoms with van der Waals surface area (Å²) in [5.41, 5.74) is 6.03. The van der Waals surface area contributed by atoms with E-state index in [0.717, 1.165) is 37.4 Å². The molecule has 110 valence electrons. The van der Waals surface area contributed by atoms with E-state index in [1.54, 1.807) is 6.07 Å². The van der Waals surface area contributed by atoms with Gasteiger partial charge in [-0.3, -0.25) is 0 Å². The molecule has 3 N–H and O–H groups in total. The summed E-state index contributed by atoms with van der Waals surface area (Å²) in [7, 11) is 0. The van der Waals surface area contributed by atoms with Gasteiger partial charge < -0.3 is 11.1 Å². The lowest BCUT2D eigenvalue weighted by Gasteiger charge is -2.30. The van der Waals surface area contributed by atoms with Gasteiger partial charge in [-0.2, -0.15) is 13.2 Å². The first kappa shape index (κ1) is 13.9. The van der Waals surface area contributed by atoms with E-state index in [0.29, 0.717) is 17.9 Å². The Labute approximate surface area is 116 Å². The maximum Gasteiger partial charge on any atom is 0.416 e. The molecule has 1 aliphatic carbocycles. The minimum Gasteiger partial charge on any atom is -0.327 e. The van der Waals surface area contributed by atoms with Crippen LogP contribution in [-0.4, -0.2) is 12.6 Å². The van der Waals surface area contributed by atoms with Crippen LogP contribution in [0.15, 0.2) is 24.3 Å². The molecule has 2 fully saturated rings. The number of rotatable bonds is 2. The molecule has 0 spiro atoms. The van der Waals surface area contributed by atoms with Gasteiger partial charge in [0.15, 0.2) is 0 Å². The predicted molar refractivity (Wildman–Crippen MR) is 71.0 cm³/mol. The highest BCUT2D eigenvalue weighted by Crippen LogP contribution is 2.41. The monoisotopic (exact) mass is 284 g/mol. The third-order valence-electron chi connectivity index (χ3n) is 4.57. The average molecular weight is 284 g/mol. The van der Waals surface area contributed by atoms with Crippen molar-refractivity contribution < 1.29 is 13.2 Å². The van der Waals surface area contributed by atoms with Crippen LogP contribution in [0.4, 0.5) is 13.2 Å². The topological polar surface area (TPSA) is 38.0 Å². The second-order valence-corrected chi connectivity index (χ2v) is 5.98. The Balaban J connectivity index is 1.66. The number of nitrogens with one attached hydrogen (secondary N) is 1. The fourth-order valence-corrected chi connectivity index (χ4v) is 3.24. The van der Waals surface area contributed by atoms with Gasteiger partial charge in [0, 0.05) is 12.1 Å². The fraction of sp³-hybridized carbons (Fsp3) is 0.600. The molecule has 1 aromatic carbocycles. The zero-order chi connectivity index (χ0) is 14.3. The van der Waals surface area contributed by atoms with Crippen molar-refractivity contribution in [3.8, 4) is 0 Å². The molecule has 0 radical (unpaired) electrons. The summed E-state index contributed by atoms with van der Waals surface area (Å²) in [5, 5.41) is 3.38. The Morgan fingerprint density at radius 1 is 1.20 bits per heavy atom. The first-order chi connectivity index (χ1) is 9.45. The number of hydrogen-bond acceptors (Lipinski definition) is 2. The zero-order valence-electron chi connectivity index (χ0n) is 11.2. The second-order valence-electron chi connectivity index (χ2n) is 5.98. The SMILES string of the molecule is N[C@@H]1C[C@H]1C1CCC(c2cccc(C(F)(F)F)c2)NC1. The molecule has 1 aromatic rings. The lowest BCUT2D eigenvalue weighted by atomic mass is 9.87. The van der Waals surface area contributed by atoms with Crippen molar-refractivity contribution in [1.29, 1.82) is 0 Å². The smallest absolute Gasteiger partial charge is 0.327 e. The van der Waals surface area contributed by atoms with Crippen molar-refractivity contribution in [3.63, 3.8) is 0 Å². The van der Waals surface area contributed by atoms with Crippen molar-refractivity contribution in [2.45, 2.75) is 37.5 Å². The van der Waals surface area contributed by atoms with Crippen LogP contribution in [-0.2, 0) is 6.18 Å². The number of halogens is 3. The first-order valence-electron chi connectivity index (χ1n) is 7.11. The van der Waals surface area contributed by atoms with Crippen LogP contribution in [0, 0.1) is 11.8 Å². The highest BCUT2D eigenvalue weighted by molar-refractivity contribution is 5.28. The minimum absolute atomic E-state index is 0.0310. The average Bonchev–Trinajstić information content (AvgIpc) is 3.15. The Kier molecular flexibility index (Phi) is 3.50. The summed E-state index contributed by atoms with van der Waals surface area (Å²) in [6.07, 6.45) is -1.24. The third kappa shape index (κ3) is 2.83. The molecule has 2 aliphatic rings. The molecule has 0 aromatic heterocycles. The van der Waals surface area contributed by atoms with Gasteiger partial charge in [0.05, 0.1) is 5.56 Å². The van der Waals surface area contributed by atoms with Gasteiger partial charge in [0.2, 0.25) is 0 Å². The summed E-state index contributed by atoms with van der Waals surface area (Å²) >= 11 is 0. The van der Waals surface area contributed by atoms with E-state index >= 15 is 0 Å². The van der Waals surface area contributed by atoms with Crippen molar-refractivity contribution in [2.24, 2.45) is 17.6 Å². The van der Waals surface area contributed by atoms with Crippen LogP contribution < -0.4 is 11.1 Å². The molecule has 2 unspecified atom stereocenters. The molecule has 1 saturated carbocycles. The summed E-state index contributed by atoms with van der Waals surface area (Å²) in [6, 6.07) is 6.02. The van der Waals surface area contributed by atoms with E-state index in [1.807, 2.05) is 0 Å². The Bertz CT molecular complexity index is 478. The van der Waals surface area contributed by atoms with Crippen molar-refractivity contribution in [1.82, 2.24) is 5.32 Å². The molecule has 4 atom stereocenters. The van der Waals surface area contributed by atoms with E-state index < -0.39 is 11.7 Å². The lowest BCUT2D eigenvalue weighted by Crippen LogP contribution is -2.35. The van der Waals surface area contributed by atoms with Crippen molar-refractivity contribution >= 4 is 0 Å². The Morgan fingerprint density at radius 2 is 1.95 bits per heavy atom. The molecular weight excluding hydrogens is 265 g/mol. The maximum atomic E-state index is 12.7. The standard InChI is InChI=1S/C15H19F3N2/c16-15(17,18)11-3-1-2-9(6-11)14-5-4-10(8-20-14)12-7-13(12)19/h1-3,6,10,12-14,20H,4-5,7-8,19H2/t10?,12-,13+,14?/m0/s1. The lowest BCUT2D eigenvalue weighted by molar-refractivity contribution is -0.137. The van der Waals surface area contributed by atoms with Gasteiger partial charge in [-0.05, 0) is 55.3 Å². The number of alkyl halides is 3. The number of piperidine rings is 1.